The van der Waals surface area contributed by atoms with E-state index >= 15 is 0 Å². The van der Waals surface area contributed by atoms with E-state index in [0.717, 1.165) is 16.0 Å². The summed E-state index contributed by atoms with van der Waals surface area (Å²) in [4.78, 5) is 12.9. The maximum atomic E-state index is 11.6. The second-order valence-electron chi connectivity index (χ2n) is 4.56. The summed E-state index contributed by atoms with van der Waals surface area (Å²) in [6.07, 6.45) is 2.11. The smallest absolute Gasteiger partial charge is 0.312 e. The van der Waals surface area contributed by atoms with Crippen LogP contribution in [0.15, 0.2) is 41.3 Å². The molecular weight excluding hydrogens is 288 g/mol. The Hall–Kier alpha value is -1.13. The molecule has 1 atom stereocenters. The number of hydrogen-bond acceptors (Lipinski definition) is 4. The fourth-order valence-corrected chi connectivity index (χ4v) is 3.43. The van der Waals surface area contributed by atoms with Crippen LogP contribution in [0.2, 0.25) is 0 Å². The molecule has 2 aromatic rings. The second-order valence-corrected chi connectivity index (χ2v) is 6.84. The number of rotatable bonds is 5. The van der Waals surface area contributed by atoms with Crippen molar-refractivity contribution in [3.63, 3.8) is 0 Å². The number of hydrogen-bond donors (Lipinski definition) is 0. The lowest BCUT2D eigenvalue weighted by molar-refractivity contribution is -0.141. The van der Waals surface area contributed by atoms with Crippen LogP contribution < -0.4 is 0 Å². The highest BCUT2D eigenvalue weighted by Crippen LogP contribution is 2.28. The predicted octanol–water partition coefficient (Wildman–Crippen LogP) is 4.53. The van der Waals surface area contributed by atoms with Crippen molar-refractivity contribution >= 4 is 40.3 Å². The number of carbonyl (C=O) groups excluding carboxylic acids is 1. The minimum atomic E-state index is -0.227. The zero-order valence-electron chi connectivity index (χ0n) is 11.9. The van der Waals surface area contributed by atoms with Crippen LogP contribution in [-0.4, -0.2) is 24.4 Å². The minimum absolute atomic E-state index is 0.198. The highest BCUT2D eigenvalue weighted by Gasteiger charge is 2.15. The molecule has 0 spiro atoms. The van der Waals surface area contributed by atoms with Gasteiger partial charge in [0.2, 0.25) is 0 Å². The topological polar surface area (TPSA) is 26.3 Å². The van der Waals surface area contributed by atoms with Gasteiger partial charge in [-0.3, -0.25) is 4.79 Å². The van der Waals surface area contributed by atoms with Crippen molar-refractivity contribution in [3.05, 3.63) is 42.0 Å². The molecule has 0 saturated carbocycles. The Morgan fingerprint density at radius 2 is 1.90 bits per heavy atom. The number of carbonyl (C=O) groups is 1. The SMILES string of the molecule is COC(=O)C(C)c1ccc2cc(SCSC)ccc2c1. The Morgan fingerprint density at radius 3 is 2.60 bits per heavy atom. The highest BCUT2D eigenvalue weighted by atomic mass is 32.2. The van der Waals surface area contributed by atoms with Crippen molar-refractivity contribution in [1.82, 2.24) is 0 Å². The molecule has 0 heterocycles. The van der Waals surface area contributed by atoms with E-state index in [9.17, 15) is 4.79 Å². The lowest BCUT2D eigenvalue weighted by Crippen LogP contribution is -2.10. The first-order chi connectivity index (χ1) is 9.65. The molecule has 0 aliphatic heterocycles. The third kappa shape index (κ3) is 3.49. The second kappa shape index (κ2) is 7.04. The van der Waals surface area contributed by atoms with Gasteiger partial charge < -0.3 is 4.74 Å². The summed E-state index contributed by atoms with van der Waals surface area (Å²) in [5, 5.41) is 3.42. The quantitative estimate of drug-likeness (QED) is 0.460. The summed E-state index contributed by atoms with van der Waals surface area (Å²) in [7, 11) is 1.43. The Labute approximate surface area is 128 Å². The lowest BCUT2D eigenvalue weighted by atomic mass is 9.98. The molecule has 0 aromatic heterocycles. The average molecular weight is 306 g/mol. The number of thioether (sulfide) groups is 2. The monoisotopic (exact) mass is 306 g/mol. The molecule has 0 bridgehead atoms. The van der Waals surface area contributed by atoms with Crippen LogP contribution >= 0.6 is 23.5 Å². The number of fused-ring (bicyclic) bond motifs is 1. The Kier molecular flexibility index (Phi) is 5.38. The molecule has 2 aromatic carbocycles. The summed E-state index contributed by atoms with van der Waals surface area (Å²) < 4.78 is 4.80. The van der Waals surface area contributed by atoms with Crippen LogP contribution in [0.3, 0.4) is 0 Å². The van der Waals surface area contributed by atoms with E-state index in [1.165, 1.54) is 17.4 Å². The van der Waals surface area contributed by atoms with E-state index in [2.05, 4.69) is 36.6 Å². The minimum Gasteiger partial charge on any atom is -0.469 e. The van der Waals surface area contributed by atoms with E-state index in [4.69, 9.17) is 4.74 Å². The van der Waals surface area contributed by atoms with Gasteiger partial charge >= 0.3 is 5.97 Å². The molecule has 4 heteroatoms. The van der Waals surface area contributed by atoms with Gasteiger partial charge in [-0.15, -0.1) is 11.8 Å². The fraction of sp³-hybridized carbons (Fsp3) is 0.312. The molecule has 106 valence electrons. The zero-order valence-corrected chi connectivity index (χ0v) is 13.5. The normalized spacial score (nSPS) is 12.3. The van der Waals surface area contributed by atoms with Crippen molar-refractivity contribution in [2.75, 3.05) is 18.5 Å². The van der Waals surface area contributed by atoms with Crippen LogP contribution in [0, 0.1) is 0 Å². The van der Waals surface area contributed by atoms with Crippen LogP contribution in [0.1, 0.15) is 18.4 Å². The Balaban J connectivity index is 2.29. The summed E-state index contributed by atoms with van der Waals surface area (Å²) in [6.45, 7) is 1.87. The van der Waals surface area contributed by atoms with Crippen molar-refractivity contribution in [2.45, 2.75) is 17.7 Å². The molecule has 0 fully saturated rings. The van der Waals surface area contributed by atoms with Crippen molar-refractivity contribution < 1.29 is 9.53 Å². The number of methoxy groups -OCH3 is 1. The maximum Gasteiger partial charge on any atom is 0.312 e. The van der Waals surface area contributed by atoms with Gasteiger partial charge in [0.25, 0.3) is 0 Å². The molecule has 0 N–H and O–H groups in total. The van der Waals surface area contributed by atoms with Gasteiger partial charge in [0.1, 0.15) is 0 Å². The van der Waals surface area contributed by atoms with Gasteiger partial charge in [-0.25, -0.2) is 0 Å². The molecule has 0 saturated heterocycles. The molecule has 0 aliphatic rings. The zero-order chi connectivity index (χ0) is 14.5. The fourth-order valence-electron chi connectivity index (χ4n) is 2.04. The van der Waals surface area contributed by atoms with E-state index in [1.54, 1.807) is 0 Å². The Morgan fingerprint density at radius 1 is 1.20 bits per heavy atom. The van der Waals surface area contributed by atoms with Gasteiger partial charge in [0.15, 0.2) is 0 Å². The van der Waals surface area contributed by atoms with E-state index < -0.39 is 0 Å². The van der Waals surface area contributed by atoms with Crippen LogP contribution in [-0.2, 0) is 9.53 Å². The van der Waals surface area contributed by atoms with Gasteiger partial charge in [-0.2, -0.15) is 11.8 Å². The predicted molar refractivity (Wildman–Crippen MR) is 88.6 cm³/mol. The molecule has 20 heavy (non-hydrogen) atoms. The first-order valence-corrected chi connectivity index (χ1v) is 8.77. The molecule has 0 amide bonds. The first-order valence-electron chi connectivity index (χ1n) is 6.39. The van der Waals surface area contributed by atoms with Crippen molar-refractivity contribution in [2.24, 2.45) is 0 Å². The first kappa shape index (κ1) is 15.3. The molecular formula is C16H18O2S2. The highest BCUT2D eigenvalue weighted by molar-refractivity contribution is 8.15. The van der Waals surface area contributed by atoms with E-state index in [0.29, 0.717) is 0 Å². The maximum absolute atomic E-state index is 11.6. The number of ether oxygens (including phenoxy) is 1. The van der Waals surface area contributed by atoms with E-state index in [-0.39, 0.29) is 11.9 Å². The van der Waals surface area contributed by atoms with Gasteiger partial charge in [-0.05, 0) is 41.6 Å². The number of esters is 1. The molecule has 2 nitrogen and oxygen atoms in total. The van der Waals surface area contributed by atoms with Crippen LogP contribution in [0.5, 0.6) is 0 Å². The third-order valence-electron chi connectivity index (χ3n) is 3.23. The molecule has 1 unspecified atom stereocenters. The van der Waals surface area contributed by atoms with Crippen molar-refractivity contribution in [1.29, 1.82) is 0 Å². The van der Waals surface area contributed by atoms with Crippen LogP contribution in [0.4, 0.5) is 0 Å². The van der Waals surface area contributed by atoms with Crippen LogP contribution in [0.25, 0.3) is 10.8 Å². The summed E-state index contributed by atoms with van der Waals surface area (Å²) in [5.41, 5.74) is 0.994. The standard InChI is InChI=1S/C16H18O2S2/c1-11(16(17)18-2)12-4-5-14-9-15(20-10-19-3)7-6-13(14)8-12/h4-9,11H,10H2,1-3H3. The van der Waals surface area contributed by atoms with Gasteiger partial charge in [0.05, 0.1) is 13.0 Å². The van der Waals surface area contributed by atoms with Gasteiger partial charge in [0, 0.05) is 9.98 Å². The lowest BCUT2D eigenvalue weighted by Gasteiger charge is -2.11. The Bertz CT molecular complexity index is 610. The largest absolute Gasteiger partial charge is 0.469 e. The van der Waals surface area contributed by atoms with E-state index in [1.807, 2.05) is 36.5 Å². The third-order valence-corrected chi connectivity index (χ3v) is 5.24. The molecule has 0 radical (unpaired) electrons. The summed E-state index contributed by atoms with van der Waals surface area (Å²) in [5.74, 6) is -0.425. The molecule has 2 rings (SSSR count). The summed E-state index contributed by atoms with van der Waals surface area (Å²) >= 11 is 3.67. The van der Waals surface area contributed by atoms with Gasteiger partial charge in [-0.1, -0.05) is 24.3 Å². The number of benzene rings is 2. The summed E-state index contributed by atoms with van der Waals surface area (Å²) in [6, 6.07) is 12.6. The molecule has 0 aliphatic carbocycles. The van der Waals surface area contributed by atoms with Crippen molar-refractivity contribution in [3.8, 4) is 0 Å². The average Bonchev–Trinajstić information content (AvgIpc) is 2.50.